The van der Waals surface area contributed by atoms with Crippen LogP contribution in [0.5, 0.6) is 11.5 Å². The molecule has 2 aromatic carbocycles. The molecule has 0 spiro atoms. The smallest absolute Gasteiger partial charge is 0.181 e. The van der Waals surface area contributed by atoms with Crippen LogP contribution in [0.4, 0.5) is 0 Å². The van der Waals surface area contributed by atoms with Crippen LogP contribution in [-0.4, -0.2) is 26.9 Å². The van der Waals surface area contributed by atoms with Crippen LogP contribution in [0.2, 0.25) is 0 Å². The van der Waals surface area contributed by atoms with Gasteiger partial charge in [0.25, 0.3) is 0 Å². The molecule has 0 bridgehead atoms. The summed E-state index contributed by atoms with van der Waals surface area (Å²) >= 11 is 0. The number of phenols is 1. The lowest BCUT2D eigenvalue weighted by Gasteiger charge is -2.00. The SMILES string of the molecule is Oc1ccccc1-c1nc(-c2ccc3c(c2)CCO3)n[nH]1. The number of fused-ring (bicyclic) bond motifs is 1. The molecule has 5 nitrogen and oxygen atoms in total. The first kappa shape index (κ1) is 12.0. The third kappa shape index (κ3) is 2.03. The Morgan fingerprint density at radius 1 is 1.14 bits per heavy atom. The van der Waals surface area contributed by atoms with Crippen LogP contribution < -0.4 is 4.74 Å². The number of aromatic amines is 1. The maximum Gasteiger partial charge on any atom is 0.181 e. The Morgan fingerprint density at radius 3 is 2.95 bits per heavy atom. The van der Waals surface area contributed by atoms with Crippen LogP contribution in [0, 0.1) is 0 Å². The highest BCUT2D eigenvalue weighted by Crippen LogP contribution is 2.31. The Morgan fingerprint density at radius 2 is 2.05 bits per heavy atom. The van der Waals surface area contributed by atoms with Gasteiger partial charge in [0.1, 0.15) is 11.5 Å². The highest BCUT2D eigenvalue weighted by atomic mass is 16.5. The van der Waals surface area contributed by atoms with Gasteiger partial charge in [-0.25, -0.2) is 4.98 Å². The molecule has 0 unspecified atom stereocenters. The summed E-state index contributed by atoms with van der Waals surface area (Å²) in [5.74, 6) is 2.29. The van der Waals surface area contributed by atoms with Crippen LogP contribution >= 0.6 is 0 Å². The summed E-state index contributed by atoms with van der Waals surface area (Å²) in [5.41, 5.74) is 2.76. The summed E-state index contributed by atoms with van der Waals surface area (Å²) in [5, 5.41) is 17.0. The van der Waals surface area contributed by atoms with Gasteiger partial charge in [-0.2, -0.15) is 5.10 Å². The Bertz CT molecular complexity index is 811. The number of hydrogen-bond acceptors (Lipinski definition) is 4. The lowest BCUT2D eigenvalue weighted by molar-refractivity contribution is 0.357. The summed E-state index contributed by atoms with van der Waals surface area (Å²) < 4.78 is 5.50. The first-order valence-corrected chi connectivity index (χ1v) is 6.78. The maximum absolute atomic E-state index is 9.87. The number of phenolic OH excluding ortho intramolecular Hbond substituents is 1. The Kier molecular flexibility index (Phi) is 2.64. The molecule has 2 heterocycles. The predicted molar refractivity (Wildman–Crippen MR) is 78.1 cm³/mol. The summed E-state index contributed by atoms with van der Waals surface area (Å²) in [4.78, 5) is 4.47. The average Bonchev–Trinajstić information content (AvgIpc) is 3.16. The minimum atomic E-state index is 0.183. The molecular weight excluding hydrogens is 266 g/mol. The number of ether oxygens (including phenoxy) is 1. The number of aromatic nitrogens is 3. The number of aromatic hydroxyl groups is 1. The Labute approximate surface area is 121 Å². The standard InChI is InChI=1S/C16H13N3O2/c20-13-4-2-1-3-12(13)16-17-15(18-19-16)11-5-6-14-10(9-11)7-8-21-14/h1-6,9,20H,7-8H2,(H,17,18,19). The van der Waals surface area contributed by atoms with Crippen molar-refractivity contribution in [3.05, 3.63) is 48.0 Å². The number of benzene rings is 2. The molecule has 4 rings (SSSR count). The van der Waals surface area contributed by atoms with Gasteiger partial charge in [0.2, 0.25) is 0 Å². The zero-order valence-electron chi connectivity index (χ0n) is 11.2. The number of rotatable bonds is 2. The van der Waals surface area contributed by atoms with E-state index >= 15 is 0 Å². The molecule has 0 fully saturated rings. The van der Waals surface area contributed by atoms with Gasteiger partial charge in [-0.1, -0.05) is 12.1 Å². The molecule has 21 heavy (non-hydrogen) atoms. The highest BCUT2D eigenvalue weighted by molar-refractivity contribution is 5.67. The molecule has 1 aromatic heterocycles. The second-order valence-corrected chi connectivity index (χ2v) is 4.95. The molecule has 0 saturated carbocycles. The molecular formula is C16H13N3O2. The van der Waals surface area contributed by atoms with Crippen molar-refractivity contribution < 1.29 is 9.84 Å². The van der Waals surface area contributed by atoms with Gasteiger partial charge >= 0.3 is 0 Å². The molecule has 2 N–H and O–H groups in total. The Balaban J connectivity index is 1.73. The first-order valence-electron chi connectivity index (χ1n) is 6.78. The zero-order valence-corrected chi connectivity index (χ0v) is 11.2. The largest absolute Gasteiger partial charge is 0.507 e. The average molecular weight is 279 g/mol. The second-order valence-electron chi connectivity index (χ2n) is 4.95. The second kappa shape index (κ2) is 4.63. The van der Waals surface area contributed by atoms with E-state index in [1.165, 1.54) is 5.56 Å². The minimum absolute atomic E-state index is 0.183. The van der Waals surface area contributed by atoms with E-state index in [1.54, 1.807) is 18.2 Å². The minimum Gasteiger partial charge on any atom is -0.507 e. The third-order valence-electron chi connectivity index (χ3n) is 3.59. The number of nitrogens with zero attached hydrogens (tertiary/aromatic N) is 2. The van der Waals surface area contributed by atoms with E-state index < -0.39 is 0 Å². The van der Waals surface area contributed by atoms with E-state index in [-0.39, 0.29) is 5.75 Å². The van der Waals surface area contributed by atoms with Crippen molar-refractivity contribution in [2.24, 2.45) is 0 Å². The van der Waals surface area contributed by atoms with Crippen LogP contribution in [0.3, 0.4) is 0 Å². The monoisotopic (exact) mass is 279 g/mol. The molecule has 0 saturated heterocycles. The van der Waals surface area contributed by atoms with E-state index in [2.05, 4.69) is 21.2 Å². The van der Waals surface area contributed by atoms with Gasteiger partial charge in [0.15, 0.2) is 11.6 Å². The number of hydrogen-bond donors (Lipinski definition) is 2. The fraction of sp³-hybridized carbons (Fsp3) is 0.125. The van der Waals surface area contributed by atoms with Gasteiger partial charge in [-0.3, -0.25) is 5.10 Å². The molecule has 0 atom stereocenters. The lowest BCUT2D eigenvalue weighted by atomic mass is 10.1. The van der Waals surface area contributed by atoms with Crippen molar-refractivity contribution in [3.63, 3.8) is 0 Å². The summed E-state index contributed by atoms with van der Waals surface area (Å²) in [6.45, 7) is 0.732. The third-order valence-corrected chi connectivity index (χ3v) is 3.59. The van der Waals surface area contributed by atoms with Crippen LogP contribution in [0.25, 0.3) is 22.8 Å². The summed E-state index contributed by atoms with van der Waals surface area (Å²) in [6, 6.07) is 13.0. The predicted octanol–water partition coefficient (Wildman–Crippen LogP) is 2.78. The topological polar surface area (TPSA) is 71.0 Å². The van der Waals surface area contributed by atoms with Crippen molar-refractivity contribution in [1.82, 2.24) is 15.2 Å². The van der Waals surface area contributed by atoms with Crippen LogP contribution in [-0.2, 0) is 6.42 Å². The normalized spacial score (nSPS) is 13.0. The van der Waals surface area contributed by atoms with E-state index in [1.807, 2.05) is 18.2 Å². The maximum atomic E-state index is 9.87. The van der Waals surface area contributed by atoms with Crippen LogP contribution in [0.1, 0.15) is 5.56 Å². The number of nitrogens with one attached hydrogen (secondary N) is 1. The summed E-state index contributed by atoms with van der Waals surface area (Å²) in [6.07, 6.45) is 0.917. The lowest BCUT2D eigenvalue weighted by Crippen LogP contribution is -1.85. The van der Waals surface area contributed by atoms with E-state index in [4.69, 9.17) is 4.74 Å². The fourth-order valence-electron chi connectivity index (χ4n) is 2.51. The summed E-state index contributed by atoms with van der Waals surface area (Å²) in [7, 11) is 0. The van der Waals surface area contributed by atoms with Crippen molar-refractivity contribution in [3.8, 4) is 34.3 Å². The van der Waals surface area contributed by atoms with Gasteiger partial charge in [-0.15, -0.1) is 0 Å². The van der Waals surface area contributed by atoms with Gasteiger partial charge in [0, 0.05) is 12.0 Å². The number of para-hydroxylation sites is 1. The van der Waals surface area contributed by atoms with Crippen LogP contribution in [0.15, 0.2) is 42.5 Å². The van der Waals surface area contributed by atoms with Crippen molar-refractivity contribution >= 4 is 0 Å². The molecule has 5 heteroatoms. The van der Waals surface area contributed by atoms with E-state index in [0.717, 1.165) is 24.3 Å². The zero-order chi connectivity index (χ0) is 14.2. The van der Waals surface area contributed by atoms with Crippen molar-refractivity contribution in [1.29, 1.82) is 0 Å². The number of H-pyrrole nitrogens is 1. The van der Waals surface area contributed by atoms with Crippen molar-refractivity contribution in [2.75, 3.05) is 6.61 Å². The van der Waals surface area contributed by atoms with Crippen molar-refractivity contribution in [2.45, 2.75) is 6.42 Å². The quantitative estimate of drug-likeness (QED) is 0.756. The van der Waals surface area contributed by atoms with E-state index in [0.29, 0.717) is 17.2 Å². The molecule has 0 amide bonds. The molecule has 0 radical (unpaired) electrons. The van der Waals surface area contributed by atoms with Gasteiger partial charge in [-0.05, 0) is 35.9 Å². The molecule has 0 aliphatic carbocycles. The first-order chi connectivity index (χ1) is 10.3. The Hall–Kier alpha value is -2.82. The molecule has 3 aromatic rings. The van der Waals surface area contributed by atoms with Gasteiger partial charge < -0.3 is 9.84 Å². The highest BCUT2D eigenvalue weighted by Gasteiger charge is 2.15. The molecule has 1 aliphatic rings. The fourth-order valence-corrected chi connectivity index (χ4v) is 2.51. The van der Waals surface area contributed by atoms with E-state index in [9.17, 15) is 5.11 Å². The molecule has 104 valence electrons. The van der Waals surface area contributed by atoms with Gasteiger partial charge in [0.05, 0.1) is 12.2 Å². The molecule has 1 aliphatic heterocycles.